The van der Waals surface area contributed by atoms with Gasteiger partial charge in [-0.3, -0.25) is 9.59 Å². The third-order valence-corrected chi connectivity index (χ3v) is 4.25. The van der Waals surface area contributed by atoms with E-state index in [1.54, 1.807) is 78.5 Å². The first-order chi connectivity index (χ1) is 13.5. The Hall–Kier alpha value is -3.67. The molecule has 1 amide bonds. The lowest BCUT2D eigenvalue weighted by Crippen LogP contribution is -2.26. The maximum atomic E-state index is 12.9. The normalized spacial score (nSPS) is 11.5. The van der Waals surface area contributed by atoms with Crippen molar-refractivity contribution >= 4 is 23.3 Å². The summed E-state index contributed by atoms with van der Waals surface area (Å²) in [6.07, 6.45) is 0.589. The fraction of sp³-hybridized carbons (Fsp3) is 0.136. The van der Waals surface area contributed by atoms with Gasteiger partial charge in [0.1, 0.15) is 5.69 Å². The summed E-state index contributed by atoms with van der Waals surface area (Å²) >= 11 is 0. The average Bonchev–Trinajstić information content (AvgIpc) is 3.12. The minimum Gasteiger partial charge on any atom is -0.443 e. The molecule has 6 nitrogen and oxygen atoms in total. The Bertz CT molecular complexity index is 1010. The number of aromatic nitrogens is 1. The maximum absolute atomic E-state index is 12.9. The van der Waals surface area contributed by atoms with Gasteiger partial charge in [0, 0.05) is 30.1 Å². The first-order valence-corrected chi connectivity index (χ1v) is 8.75. The number of rotatable bonds is 6. The van der Waals surface area contributed by atoms with Crippen LogP contribution in [0.5, 0.6) is 0 Å². The highest BCUT2D eigenvalue weighted by Crippen LogP contribution is 2.22. The van der Waals surface area contributed by atoms with E-state index < -0.39 is 18.0 Å². The van der Waals surface area contributed by atoms with Gasteiger partial charge in [0.15, 0.2) is 5.78 Å². The molecule has 0 saturated carbocycles. The van der Waals surface area contributed by atoms with Crippen LogP contribution in [-0.4, -0.2) is 22.2 Å². The molecule has 0 aliphatic carbocycles. The molecule has 1 aromatic heterocycles. The zero-order chi connectivity index (χ0) is 20.1. The van der Waals surface area contributed by atoms with E-state index in [0.29, 0.717) is 22.5 Å². The first-order valence-electron chi connectivity index (χ1n) is 8.75. The molecule has 0 aliphatic rings. The van der Waals surface area contributed by atoms with E-state index in [1.807, 2.05) is 6.07 Å². The summed E-state index contributed by atoms with van der Waals surface area (Å²) in [6.45, 7) is 1.45. The molecular weight excluding hydrogens is 356 g/mol. The number of carbonyl (C=O) groups excluding carboxylic acids is 3. The van der Waals surface area contributed by atoms with Crippen LogP contribution < -0.4 is 5.32 Å². The van der Waals surface area contributed by atoms with E-state index >= 15 is 0 Å². The van der Waals surface area contributed by atoms with E-state index in [0.717, 1.165) is 0 Å². The summed E-state index contributed by atoms with van der Waals surface area (Å²) in [5.74, 6) is -1.21. The second-order valence-electron chi connectivity index (χ2n) is 6.33. The standard InChI is InChI=1S/C22H20N2O4/c1-15(25)17-10-6-11-18(14-17)23-21(26)20(16-8-4-3-5-9-16)28-22(27)19-12-7-13-24(19)2/h3-14,20H,1-2H3,(H,23,26)/t20-/m0/s1. The molecule has 2 aromatic carbocycles. The second-order valence-corrected chi connectivity index (χ2v) is 6.33. The lowest BCUT2D eigenvalue weighted by Gasteiger charge is -2.18. The van der Waals surface area contributed by atoms with Crippen molar-refractivity contribution in [2.75, 3.05) is 5.32 Å². The molecule has 3 rings (SSSR count). The van der Waals surface area contributed by atoms with Crippen LogP contribution in [0.1, 0.15) is 39.4 Å². The number of hydrogen-bond acceptors (Lipinski definition) is 4. The molecule has 1 N–H and O–H groups in total. The molecule has 0 saturated heterocycles. The molecule has 1 heterocycles. The Morgan fingerprint density at radius 3 is 2.36 bits per heavy atom. The van der Waals surface area contributed by atoms with Crippen LogP contribution in [0.2, 0.25) is 0 Å². The van der Waals surface area contributed by atoms with Crippen molar-refractivity contribution in [2.45, 2.75) is 13.0 Å². The van der Waals surface area contributed by atoms with Crippen molar-refractivity contribution in [2.24, 2.45) is 7.05 Å². The van der Waals surface area contributed by atoms with Gasteiger partial charge in [0.2, 0.25) is 6.10 Å². The molecule has 0 aliphatic heterocycles. The Labute approximate surface area is 162 Å². The summed E-state index contributed by atoms with van der Waals surface area (Å²) in [5, 5.41) is 2.73. The van der Waals surface area contributed by atoms with Gasteiger partial charge in [-0.1, -0.05) is 42.5 Å². The number of anilines is 1. The van der Waals surface area contributed by atoms with Crippen molar-refractivity contribution in [1.29, 1.82) is 0 Å². The SMILES string of the molecule is CC(=O)c1cccc(NC(=O)[C@@H](OC(=O)c2cccn2C)c2ccccc2)c1. The Balaban J connectivity index is 1.85. The van der Waals surface area contributed by atoms with Crippen LogP contribution >= 0.6 is 0 Å². The van der Waals surface area contributed by atoms with Crippen LogP contribution in [0.25, 0.3) is 0 Å². The molecule has 28 heavy (non-hydrogen) atoms. The Morgan fingerprint density at radius 1 is 0.964 bits per heavy atom. The van der Waals surface area contributed by atoms with E-state index in [1.165, 1.54) is 6.92 Å². The third-order valence-electron chi connectivity index (χ3n) is 4.25. The lowest BCUT2D eigenvalue weighted by molar-refractivity contribution is -0.125. The largest absolute Gasteiger partial charge is 0.443 e. The van der Waals surface area contributed by atoms with Crippen LogP contribution in [0.3, 0.4) is 0 Å². The first kappa shape index (κ1) is 19.1. The number of amides is 1. The van der Waals surface area contributed by atoms with Crippen LogP contribution in [-0.2, 0) is 16.6 Å². The van der Waals surface area contributed by atoms with Gasteiger partial charge in [0.05, 0.1) is 0 Å². The van der Waals surface area contributed by atoms with E-state index in [4.69, 9.17) is 4.74 Å². The molecule has 0 unspecified atom stereocenters. The monoisotopic (exact) mass is 376 g/mol. The van der Waals surface area contributed by atoms with Gasteiger partial charge in [0.25, 0.3) is 5.91 Å². The number of nitrogens with zero attached hydrogens (tertiary/aromatic N) is 1. The van der Waals surface area contributed by atoms with Gasteiger partial charge in [-0.25, -0.2) is 4.79 Å². The minimum absolute atomic E-state index is 0.106. The van der Waals surface area contributed by atoms with Crippen LogP contribution in [0.4, 0.5) is 5.69 Å². The number of ether oxygens (including phenoxy) is 1. The molecule has 0 fully saturated rings. The lowest BCUT2D eigenvalue weighted by atomic mass is 10.1. The highest BCUT2D eigenvalue weighted by Gasteiger charge is 2.26. The molecule has 1 atom stereocenters. The minimum atomic E-state index is -1.13. The number of carbonyl (C=O) groups is 3. The van der Waals surface area contributed by atoms with Crippen LogP contribution in [0.15, 0.2) is 72.9 Å². The smallest absolute Gasteiger partial charge is 0.356 e. The third kappa shape index (κ3) is 4.35. The summed E-state index contributed by atoms with van der Waals surface area (Å²) in [5.41, 5.74) is 1.82. The van der Waals surface area contributed by atoms with Gasteiger partial charge >= 0.3 is 5.97 Å². The fourth-order valence-electron chi connectivity index (χ4n) is 2.77. The number of Topliss-reactive ketones (excluding diaryl/α,β-unsaturated/α-hetero) is 1. The van der Waals surface area contributed by atoms with Gasteiger partial charge in [-0.2, -0.15) is 0 Å². The quantitative estimate of drug-likeness (QED) is 0.525. The fourth-order valence-corrected chi connectivity index (χ4v) is 2.77. The van der Waals surface area contributed by atoms with Crippen molar-refractivity contribution in [3.8, 4) is 0 Å². The Morgan fingerprint density at radius 2 is 1.71 bits per heavy atom. The predicted molar refractivity (Wildman–Crippen MR) is 105 cm³/mol. The summed E-state index contributed by atoms with van der Waals surface area (Å²) in [6, 6.07) is 18.7. The van der Waals surface area contributed by atoms with Gasteiger partial charge < -0.3 is 14.6 Å². The van der Waals surface area contributed by atoms with E-state index in [2.05, 4.69) is 5.32 Å². The van der Waals surface area contributed by atoms with Crippen molar-refractivity contribution in [1.82, 2.24) is 4.57 Å². The van der Waals surface area contributed by atoms with Crippen molar-refractivity contribution < 1.29 is 19.1 Å². The van der Waals surface area contributed by atoms with Gasteiger partial charge in [-0.15, -0.1) is 0 Å². The molecule has 142 valence electrons. The molecular formula is C22H20N2O4. The van der Waals surface area contributed by atoms with E-state index in [-0.39, 0.29) is 5.78 Å². The number of ketones is 1. The molecule has 0 bridgehead atoms. The summed E-state index contributed by atoms with van der Waals surface area (Å²) in [4.78, 5) is 37.0. The predicted octanol–water partition coefficient (Wildman–Crippen LogP) is 3.76. The molecule has 0 radical (unpaired) electrons. The number of esters is 1. The summed E-state index contributed by atoms with van der Waals surface area (Å²) < 4.78 is 7.16. The molecule has 3 aromatic rings. The highest BCUT2D eigenvalue weighted by atomic mass is 16.5. The van der Waals surface area contributed by atoms with Crippen molar-refractivity contribution in [3.63, 3.8) is 0 Å². The topological polar surface area (TPSA) is 77.4 Å². The highest BCUT2D eigenvalue weighted by molar-refractivity contribution is 5.99. The Kier molecular flexibility index (Phi) is 5.69. The summed E-state index contributed by atoms with van der Waals surface area (Å²) in [7, 11) is 1.72. The average molecular weight is 376 g/mol. The maximum Gasteiger partial charge on any atom is 0.356 e. The number of aryl methyl sites for hydroxylation is 1. The zero-order valence-corrected chi connectivity index (χ0v) is 15.6. The number of hydrogen-bond donors (Lipinski definition) is 1. The molecule has 0 spiro atoms. The number of benzene rings is 2. The van der Waals surface area contributed by atoms with Crippen molar-refractivity contribution in [3.05, 3.63) is 89.7 Å². The van der Waals surface area contributed by atoms with Crippen LogP contribution in [0, 0.1) is 0 Å². The van der Waals surface area contributed by atoms with Gasteiger partial charge in [-0.05, 0) is 31.2 Å². The second kappa shape index (κ2) is 8.35. The zero-order valence-electron chi connectivity index (χ0n) is 15.6. The molecule has 6 heteroatoms. The van der Waals surface area contributed by atoms with E-state index in [9.17, 15) is 14.4 Å². The number of nitrogens with one attached hydrogen (secondary N) is 1.